The number of anilines is 1. The van der Waals surface area contributed by atoms with Crippen molar-refractivity contribution in [1.82, 2.24) is 0 Å². The summed E-state index contributed by atoms with van der Waals surface area (Å²) in [6.45, 7) is 3.79. The number of hydrogen-bond donors (Lipinski definition) is 1. The second kappa shape index (κ2) is 4.77. The third-order valence-corrected chi connectivity index (χ3v) is 3.46. The SMILES string of the molecule is CCc1ccccc1N1CCCC(N)(C#N)C1. The van der Waals surface area contributed by atoms with Gasteiger partial charge in [0, 0.05) is 18.8 Å². The molecule has 90 valence electrons. The third kappa shape index (κ3) is 2.42. The molecule has 1 aromatic carbocycles. The first-order chi connectivity index (χ1) is 8.18. The van der Waals surface area contributed by atoms with Gasteiger partial charge in [-0.3, -0.25) is 0 Å². The lowest BCUT2D eigenvalue weighted by Crippen LogP contribution is -2.53. The van der Waals surface area contributed by atoms with Crippen LogP contribution in [-0.2, 0) is 6.42 Å². The fourth-order valence-corrected chi connectivity index (χ4v) is 2.50. The average Bonchev–Trinajstić information content (AvgIpc) is 2.39. The summed E-state index contributed by atoms with van der Waals surface area (Å²) in [4.78, 5) is 2.26. The Morgan fingerprint density at radius 1 is 1.47 bits per heavy atom. The van der Waals surface area contributed by atoms with Crippen LogP contribution in [0, 0.1) is 11.3 Å². The van der Waals surface area contributed by atoms with Crippen molar-refractivity contribution in [2.24, 2.45) is 5.73 Å². The first-order valence-corrected chi connectivity index (χ1v) is 6.21. The van der Waals surface area contributed by atoms with Crippen LogP contribution >= 0.6 is 0 Å². The van der Waals surface area contributed by atoms with Crippen LogP contribution in [-0.4, -0.2) is 18.6 Å². The maximum Gasteiger partial charge on any atom is 0.121 e. The molecule has 1 aliphatic heterocycles. The molecule has 1 unspecified atom stereocenters. The van der Waals surface area contributed by atoms with Crippen LogP contribution in [0.4, 0.5) is 5.69 Å². The van der Waals surface area contributed by atoms with E-state index in [2.05, 4.69) is 36.1 Å². The average molecular weight is 229 g/mol. The number of aryl methyl sites for hydroxylation is 1. The molecule has 0 saturated carbocycles. The summed E-state index contributed by atoms with van der Waals surface area (Å²) < 4.78 is 0. The van der Waals surface area contributed by atoms with Crippen molar-refractivity contribution >= 4 is 5.69 Å². The molecule has 0 radical (unpaired) electrons. The van der Waals surface area contributed by atoms with E-state index in [4.69, 9.17) is 11.0 Å². The number of nitrogens with zero attached hydrogens (tertiary/aromatic N) is 2. The van der Waals surface area contributed by atoms with Crippen molar-refractivity contribution < 1.29 is 0 Å². The van der Waals surface area contributed by atoms with E-state index in [1.54, 1.807) is 0 Å². The highest BCUT2D eigenvalue weighted by Gasteiger charge is 2.32. The molecule has 1 aromatic rings. The second-order valence-corrected chi connectivity index (χ2v) is 4.78. The van der Waals surface area contributed by atoms with Gasteiger partial charge in [0.15, 0.2) is 0 Å². The van der Waals surface area contributed by atoms with Gasteiger partial charge in [0.05, 0.1) is 6.07 Å². The summed E-state index contributed by atoms with van der Waals surface area (Å²) in [6.07, 6.45) is 2.80. The molecule has 0 spiro atoms. The van der Waals surface area contributed by atoms with Crippen LogP contribution in [0.2, 0.25) is 0 Å². The van der Waals surface area contributed by atoms with Crippen LogP contribution < -0.4 is 10.6 Å². The predicted octanol–water partition coefficient (Wildman–Crippen LogP) is 2.07. The Kier molecular flexibility index (Phi) is 3.35. The summed E-state index contributed by atoms with van der Waals surface area (Å²) in [7, 11) is 0. The Morgan fingerprint density at radius 3 is 2.94 bits per heavy atom. The fourth-order valence-electron chi connectivity index (χ4n) is 2.50. The summed E-state index contributed by atoms with van der Waals surface area (Å²) in [6, 6.07) is 10.6. The van der Waals surface area contributed by atoms with Gasteiger partial charge in [-0.25, -0.2) is 0 Å². The molecule has 0 amide bonds. The summed E-state index contributed by atoms with van der Waals surface area (Å²) in [5.41, 5.74) is 7.96. The highest BCUT2D eigenvalue weighted by atomic mass is 15.2. The molecule has 1 atom stereocenters. The van der Waals surface area contributed by atoms with E-state index in [1.807, 2.05) is 6.07 Å². The molecule has 1 saturated heterocycles. The van der Waals surface area contributed by atoms with Gasteiger partial charge < -0.3 is 10.6 Å². The minimum atomic E-state index is -0.681. The first kappa shape index (κ1) is 11.9. The summed E-state index contributed by atoms with van der Waals surface area (Å²) in [5, 5.41) is 9.14. The van der Waals surface area contributed by atoms with Crippen molar-refractivity contribution in [3.63, 3.8) is 0 Å². The van der Waals surface area contributed by atoms with Crippen molar-refractivity contribution in [3.8, 4) is 6.07 Å². The van der Waals surface area contributed by atoms with E-state index in [1.165, 1.54) is 11.3 Å². The Labute approximate surface area is 103 Å². The fraction of sp³-hybridized carbons (Fsp3) is 0.500. The van der Waals surface area contributed by atoms with Gasteiger partial charge in [-0.05, 0) is 30.9 Å². The number of nitriles is 1. The van der Waals surface area contributed by atoms with Crippen molar-refractivity contribution in [1.29, 1.82) is 5.26 Å². The van der Waals surface area contributed by atoms with Crippen molar-refractivity contribution in [2.75, 3.05) is 18.0 Å². The van der Waals surface area contributed by atoms with E-state index in [0.717, 1.165) is 25.8 Å². The molecule has 3 heteroatoms. The molecular formula is C14H19N3. The Balaban J connectivity index is 2.25. The molecule has 0 aromatic heterocycles. The van der Waals surface area contributed by atoms with Crippen molar-refractivity contribution in [3.05, 3.63) is 29.8 Å². The van der Waals surface area contributed by atoms with Gasteiger partial charge in [0.2, 0.25) is 0 Å². The second-order valence-electron chi connectivity index (χ2n) is 4.78. The minimum absolute atomic E-state index is 0.639. The highest BCUT2D eigenvalue weighted by Crippen LogP contribution is 2.27. The lowest BCUT2D eigenvalue weighted by atomic mass is 9.91. The van der Waals surface area contributed by atoms with E-state index in [-0.39, 0.29) is 0 Å². The topological polar surface area (TPSA) is 53.0 Å². The van der Waals surface area contributed by atoms with Gasteiger partial charge in [-0.15, -0.1) is 0 Å². The van der Waals surface area contributed by atoms with Crippen LogP contribution in [0.5, 0.6) is 0 Å². The summed E-state index contributed by atoms with van der Waals surface area (Å²) >= 11 is 0. The normalized spacial score (nSPS) is 24.4. The maximum atomic E-state index is 9.14. The van der Waals surface area contributed by atoms with Gasteiger partial charge in [-0.2, -0.15) is 5.26 Å². The van der Waals surface area contributed by atoms with E-state index < -0.39 is 5.54 Å². The molecule has 17 heavy (non-hydrogen) atoms. The number of rotatable bonds is 2. The molecule has 2 rings (SSSR count). The van der Waals surface area contributed by atoms with E-state index in [9.17, 15) is 0 Å². The van der Waals surface area contributed by atoms with E-state index in [0.29, 0.717) is 6.54 Å². The van der Waals surface area contributed by atoms with Gasteiger partial charge >= 0.3 is 0 Å². The lowest BCUT2D eigenvalue weighted by molar-refractivity contribution is 0.424. The standard InChI is InChI=1S/C14H19N3/c1-2-12-6-3-4-7-13(12)17-9-5-8-14(16,10-15)11-17/h3-4,6-7H,2,5,8-9,11,16H2,1H3. The number of piperidine rings is 1. The Bertz CT molecular complexity index is 435. The number of benzene rings is 1. The molecular weight excluding hydrogens is 210 g/mol. The molecule has 3 nitrogen and oxygen atoms in total. The number of nitrogens with two attached hydrogens (primary N) is 1. The monoisotopic (exact) mass is 229 g/mol. The van der Waals surface area contributed by atoms with Crippen LogP contribution in [0.1, 0.15) is 25.3 Å². The predicted molar refractivity (Wildman–Crippen MR) is 69.8 cm³/mol. The zero-order valence-electron chi connectivity index (χ0n) is 10.3. The number of hydrogen-bond acceptors (Lipinski definition) is 3. The minimum Gasteiger partial charge on any atom is -0.368 e. The Hall–Kier alpha value is -1.53. The molecule has 2 N–H and O–H groups in total. The smallest absolute Gasteiger partial charge is 0.121 e. The van der Waals surface area contributed by atoms with E-state index >= 15 is 0 Å². The zero-order chi connectivity index (χ0) is 12.3. The third-order valence-electron chi connectivity index (χ3n) is 3.46. The van der Waals surface area contributed by atoms with Gasteiger partial charge in [-0.1, -0.05) is 25.1 Å². The van der Waals surface area contributed by atoms with Crippen LogP contribution in [0.3, 0.4) is 0 Å². The maximum absolute atomic E-state index is 9.14. The van der Waals surface area contributed by atoms with Crippen LogP contribution in [0.15, 0.2) is 24.3 Å². The Morgan fingerprint density at radius 2 is 2.24 bits per heavy atom. The summed E-state index contributed by atoms with van der Waals surface area (Å²) in [5.74, 6) is 0. The lowest BCUT2D eigenvalue weighted by Gasteiger charge is -2.38. The molecule has 1 fully saturated rings. The molecule has 1 heterocycles. The molecule has 0 bridgehead atoms. The quantitative estimate of drug-likeness (QED) is 0.844. The number of para-hydroxylation sites is 1. The largest absolute Gasteiger partial charge is 0.368 e. The first-order valence-electron chi connectivity index (χ1n) is 6.21. The van der Waals surface area contributed by atoms with Gasteiger partial charge in [0.25, 0.3) is 0 Å². The van der Waals surface area contributed by atoms with Crippen molar-refractivity contribution in [2.45, 2.75) is 31.7 Å². The van der Waals surface area contributed by atoms with Crippen LogP contribution in [0.25, 0.3) is 0 Å². The van der Waals surface area contributed by atoms with Gasteiger partial charge in [0.1, 0.15) is 5.54 Å². The molecule has 1 aliphatic rings. The highest BCUT2D eigenvalue weighted by molar-refractivity contribution is 5.54. The zero-order valence-corrected chi connectivity index (χ0v) is 10.3. The molecule has 0 aliphatic carbocycles.